The van der Waals surface area contributed by atoms with Crippen LogP contribution in [0.1, 0.15) is 49.7 Å². The topological polar surface area (TPSA) is 70.2 Å². The summed E-state index contributed by atoms with van der Waals surface area (Å²) in [6.45, 7) is 0.682. The van der Waals surface area contributed by atoms with Crippen LogP contribution in [0.2, 0.25) is 10.0 Å². The number of halogens is 2. The lowest BCUT2D eigenvalue weighted by Gasteiger charge is -2.45. The van der Waals surface area contributed by atoms with Gasteiger partial charge in [0.1, 0.15) is 6.61 Å². The minimum atomic E-state index is -3.97. The number of para-hydroxylation sites is 1. The molecule has 10 heteroatoms. The number of hydrogen-bond acceptors (Lipinski definition) is 5. The smallest absolute Gasteiger partial charge is 0.264 e. The highest BCUT2D eigenvalue weighted by Crippen LogP contribution is 2.40. The molecule has 0 saturated heterocycles. The Balaban J connectivity index is 1.14. The number of rotatable bonds is 12. The van der Waals surface area contributed by atoms with Gasteiger partial charge in [-0.3, -0.25) is 9.10 Å². The molecule has 1 saturated carbocycles. The zero-order valence-electron chi connectivity index (χ0n) is 27.0. The maximum absolute atomic E-state index is 13.9. The Bertz CT molecular complexity index is 1590. The maximum Gasteiger partial charge on any atom is 0.264 e. The molecule has 0 N–H and O–H groups in total. The number of anilines is 1. The van der Waals surface area contributed by atoms with Crippen molar-refractivity contribution in [1.82, 2.24) is 9.80 Å². The van der Waals surface area contributed by atoms with Crippen LogP contribution in [-0.4, -0.2) is 76.6 Å². The van der Waals surface area contributed by atoms with Gasteiger partial charge in [0.25, 0.3) is 10.0 Å². The van der Waals surface area contributed by atoms with Gasteiger partial charge < -0.3 is 14.5 Å². The second kappa shape index (κ2) is 15.1. The lowest BCUT2D eigenvalue weighted by atomic mass is 9.72. The van der Waals surface area contributed by atoms with Gasteiger partial charge in [0.2, 0.25) is 5.91 Å². The van der Waals surface area contributed by atoms with Gasteiger partial charge in [-0.1, -0.05) is 71.7 Å². The van der Waals surface area contributed by atoms with Crippen molar-refractivity contribution in [1.29, 1.82) is 0 Å². The van der Waals surface area contributed by atoms with Crippen LogP contribution in [-0.2, 0) is 32.4 Å². The molecule has 5 rings (SSSR count). The molecule has 0 radical (unpaired) electrons. The molecule has 7 nitrogen and oxygen atoms in total. The first-order valence-electron chi connectivity index (χ1n) is 16.1. The maximum atomic E-state index is 13.9. The number of benzene rings is 3. The molecular formula is C36H45Cl2N3O4S. The first-order valence-corrected chi connectivity index (χ1v) is 18.3. The van der Waals surface area contributed by atoms with Crippen molar-refractivity contribution < 1.29 is 17.9 Å². The molecule has 1 fully saturated rings. The lowest BCUT2D eigenvalue weighted by molar-refractivity contribution is -0.135. The number of sulfonamides is 1. The zero-order valence-corrected chi connectivity index (χ0v) is 29.3. The number of amides is 1. The summed E-state index contributed by atoms with van der Waals surface area (Å²) < 4.78 is 35.2. The third kappa shape index (κ3) is 7.91. The van der Waals surface area contributed by atoms with Crippen molar-refractivity contribution in [3.05, 3.63) is 94.0 Å². The van der Waals surface area contributed by atoms with Crippen molar-refractivity contribution in [2.45, 2.75) is 67.8 Å². The average molecular weight is 687 g/mol. The third-order valence-electron chi connectivity index (χ3n) is 9.95. The third-order valence-corrected chi connectivity index (χ3v) is 12.6. The Morgan fingerprint density at radius 3 is 2.33 bits per heavy atom. The van der Waals surface area contributed by atoms with E-state index in [1.807, 2.05) is 31.3 Å². The fourth-order valence-corrected chi connectivity index (χ4v) is 9.05. The standard InChI is InChI=1S/C36H45Cl2N3O4S/c1-39(2)36(24-28-9-5-4-6-10-28)20-17-27(18-21-36)19-22-40(3)35(42)26-45-25-30-14-13-29-11-7-8-12-34(29)41(30)46(43,44)31-15-16-32(37)33(38)23-31/h4-12,15-16,23,27,30H,13-14,17-22,24-26H2,1-3H3. The van der Waals surface area contributed by atoms with Gasteiger partial charge in [-0.05, 0) is 107 Å². The van der Waals surface area contributed by atoms with Crippen molar-refractivity contribution >= 4 is 44.8 Å². The second-order valence-electron chi connectivity index (χ2n) is 13.0. The largest absolute Gasteiger partial charge is 0.369 e. The first kappa shape index (κ1) is 34.7. The van der Waals surface area contributed by atoms with Crippen molar-refractivity contribution in [3.63, 3.8) is 0 Å². The molecule has 0 bridgehead atoms. The van der Waals surface area contributed by atoms with Crippen LogP contribution in [0.4, 0.5) is 5.69 Å². The summed E-state index contributed by atoms with van der Waals surface area (Å²) in [6, 6.07) is 22.1. The summed E-state index contributed by atoms with van der Waals surface area (Å²) in [7, 11) is 2.25. The van der Waals surface area contributed by atoms with Crippen LogP contribution in [0.25, 0.3) is 0 Å². The Labute approximate surface area is 284 Å². The van der Waals surface area contributed by atoms with E-state index in [4.69, 9.17) is 27.9 Å². The summed E-state index contributed by atoms with van der Waals surface area (Å²) in [4.78, 5) is 17.3. The highest BCUT2D eigenvalue weighted by atomic mass is 35.5. The summed E-state index contributed by atoms with van der Waals surface area (Å²) in [5.74, 6) is 0.486. The quantitative estimate of drug-likeness (QED) is 0.203. The number of likely N-dealkylation sites (N-methyl/N-ethyl adjacent to an activating group) is 2. The molecular weight excluding hydrogens is 641 g/mol. The fourth-order valence-electron chi connectivity index (χ4n) is 6.96. The Hall–Kier alpha value is -2.62. The summed E-state index contributed by atoms with van der Waals surface area (Å²) in [5, 5.41) is 0.460. The van der Waals surface area contributed by atoms with Crippen LogP contribution < -0.4 is 4.31 Å². The van der Waals surface area contributed by atoms with Crippen LogP contribution in [0.15, 0.2) is 77.7 Å². The predicted molar refractivity (Wildman–Crippen MR) is 186 cm³/mol. The van der Waals surface area contributed by atoms with E-state index in [2.05, 4.69) is 49.3 Å². The monoisotopic (exact) mass is 685 g/mol. The van der Waals surface area contributed by atoms with Gasteiger partial charge in [-0.2, -0.15) is 0 Å². The molecule has 1 amide bonds. The summed E-state index contributed by atoms with van der Waals surface area (Å²) in [6.07, 6.45) is 7.90. The van der Waals surface area contributed by atoms with Crippen molar-refractivity contribution in [2.75, 3.05) is 45.2 Å². The Kier molecular flexibility index (Phi) is 11.4. The van der Waals surface area contributed by atoms with Gasteiger partial charge in [-0.15, -0.1) is 0 Å². The SMILES string of the molecule is CN(CCC1CCC(Cc2ccccc2)(N(C)C)CC1)C(=O)COCC1CCc2ccccc2N1S(=O)(=O)c1ccc(Cl)c(Cl)c1. The number of ether oxygens (including phenoxy) is 1. The number of nitrogens with zero attached hydrogens (tertiary/aromatic N) is 3. The molecule has 1 aliphatic heterocycles. The molecule has 1 atom stereocenters. The molecule has 3 aromatic rings. The molecule has 1 heterocycles. The highest BCUT2D eigenvalue weighted by molar-refractivity contribution is 7.92. The Morgan fingerprint density at radius 1 is 0.935 bits per heavy atom. The molecule has 0 aromatic heterocycles. The molecule has 2 aliphatic rings. The van der Waals surface area contributed by atoms with E-state index in [1.54, 1.807) is 4.90 Å². The van der Waals surface area contributed by atoms with Gasteiger partial charge in [0, 0.05) is 19.1 Å². The first-order chi connectivity index (χ1) is 22.0. The lowest BCUT2D eigenvalue weighted by Crippen LogP contribution is -2.49. The number of carbonyl (C=O) groups excluding carboxylic acids is 1. The molecule has 1 aliphatic carbocycles. The predicted octanol–water partition coefficient (Wildman–Crippen LogP) is 7.10. The summed E-state index contributed by atoms with van der Waals surface area (Å²) >= 11 is 12.3. The number of aryl methyl sites for hydroxylation is 1. The normalized spacial score (nSPS) is 21.7. The van der Waals surface area contributed by atoms with E-state index in [-0.39, 0.29) is 39.6 Å². The van der Waals surface area contributed by atoms with Gasteiger partial charge in [0.05, 0.1) is 33.3 Å². The van der Waals surface area contributed by atoms with Crippen LogP contribution in [0.3, 0.4) is 0 Å². The van der Waals surface area contributed by atoms with E-state index < -0.39 is 16.1 Å². The van der Waals surface area contributed by atoms with Crippen LogP contribution >= 0.6 is 23.2 Å². The van der Waals surface area contributed by atoms with Gasteiger partial charge in [0.15, 0.2) is 0 Å². The second-order valence-corrected chi connectivity index (χ2v) is 15.7. The molecule has 1 unspecified atom stereocenters. The van der Waals surface area contributed by atoms with E-state index >= 15 is 0 Å². The van der Waals surface area contributed by atoms with Crippen molar-refractivity contribution in [3.8, 4) is 0 Å². The number of fused-ring (bicyclic) bond motifs is 1. The van der Waals surface area contributed by atoms with Gasteiger partial charge >= 0.3 is 0 Å². The molecule has 248 valence electrons. The van der Waals surface area contributed by atoms with E-state index in [9.17, 15) is 13.2 Å². The van der Waals surface area contributed by atoms with E-state index in [1.165, 1.54) is 28.1 Å². The average Bonchev–Trinajstić information content (AvgIpc) is 3.05. The van der Waals surface area contributed by atoms with Gasteiger partial charge in [-0.25, -0.2) is 8.42 Å². The van der Waals surface area contributed by atoms with Crippen molar-refractivity contribution in [2.24, 2.45) is 5.92 Å². The summed E-state index contributed by atoms with van der Waals surface area (Å²) in [5.41, 5.74) is 3.12. The number of carbonyl (C=O) groups is 1. The van der Waals surface area contributed by atoms with Crippen LogP contribution in [0, 0.1) is 5.92 Å². The Morgan fingerprint density at radius 2 is 1.63 bits per heavy atom. The minimum absolute atomic E-state index is 0.0602. The zero-order chi connectivity index (χ0) is 32.9. The van der Waals surface area contributed by atoms with Crippen LogP contribution in [0.5, 0.6) is 0 Å². The molecule has 3 aromatic carbocycles. The molecule has 46 heavy (non-hydrogen) atoms. The minimum Gasteiger partial charge on any atom is -0.369 e. The van der Waals surface area contributed by atoms with E-state index in [0.29, 0.717) is 31.0 Å². The molecule has 0 spiro atoms. The van der Waals surface area contributed by atoms with E-state index in [0.717, 1.165) is 44.1 Å². The highest BCUT2D eigenvalue weighted by Gasteiger charge is 2.38. The fraction of sp³-hybridized carbons (Fsp3) is 0.472. The number of hydrogen-bond donors (Lipinski definition) is 0.